The van der Waals surface area contributed by atoms with Crippen molar-refractivity contribution in [3.05, 3.63) is 57.1 Å². The Labute approximate surface area is 213 Å². The zero-order valence-electron chi connectivity index (χ0n) is 20.9. The zero-order valence-corrected chi connectivity index (χ0v) is 20.9. The van der Waals surface area contributed by atoms with Crippen molar-refractivity contribution in [3.8, 4) is 11.5 Å². The molecule has 12 heteroatoms. The molecule has 12 nitrogen and oxygen atoms in total. The number of nitrogens with one attached hydrogen (secondary N) is 2. The molecular formula is C25H28N8O4. The highest BCUT2D eigenvalue weighted by Gasteiger charge is 2.23. The summed E-state index contributed by atoms with van der Waals surface area (Å²) in [7, 11) is 0. The molecule has 2 N–H and O–H groups in total. The standard InChI is InChI=1S/C25H28N8O4/c1-15-7-9-32(10-8-15)25-29-23(27-19-6-4-5-16(2)17(19)3)28-24(30-25)31-26-13-18-11-21-22(37-14-36-21)12-20(18)33(34)35/h4-6,11-13,15H,7-10,14H2,1-3H3,(H2,27,28,29,30,31). The molecule has 2 aliphatic heterocycles. The average Bonchev–Trinajstić information content (AvgIpc) is 3.34. The topological polar surface area (TPSA) is 140 Å². The third kappa shape index (κ3) is 5.37. The number of rotatable bonds is 7. The molecule has 2 aromatic carbocycles. The lowest BCUT2D eigenvalue weighted by Gasteiger charge is -2.30. The number of hydrazone groups is 1. The van der Waals surface area contributed by atoms with E-state index in [0.29, 0.717) is 29.3 Å². The molecule has 1 saturated heterocycles. The minimum Gasteiger partial charge on any atom is -0.454 e. The maximum absolute atomic E-state index is 11.5. The van der Waals surface area contributed by atoms with Crippen LogP contribution in [0.1, 0.15) is 36.5 Å². The highest BCUT2D eigenvalue weighted by Crippen LogP contribution is 2.37. The first-order chi connectivity index (χ1) is 17.9. The van der Waals surface area contributed by atoms with Gasteiger partial charge in [-0.2, -0.15) is 20.1 Å². The molecule has 1 aromatic heterocycles. The predicted octanol–water partition coefficient (Wildman–Crippen LogP) is 4.55. The van der Waals surface area contributed by atoms with E-state index < -0.39 is 4.92 Å². The molecule has 2 aliphatic rings. The van der Waals surface area contributed by atoms with Crippen molar-refractivity contribution in [3.63, 3.8) is 0 Å². The van der Waals surface area contributed by atoms with Crippen molar-refractivity contribution in [1.82, 2.24) is 15.0 Å². The van der Waals surface area contributed by atoms with Crippen LogP contribution in [0.2, 0.25) is 0 Å². The van der Waals surface area contributed by atoms with E-state index in [-0.39, 0.29) is 24.0 Å². The van der Waals surface area contributed by atoms with Crippen molar-refractivity contribution < 1.29 is 14.4 Å². The summed E-state index contributed by atoms with van der Waals surface area (Å²) in [5.41, 5.74) is 6.07. The van der Waals surface area contributed by atoms with E-state index in [4.69, 9.17) is 9.47 Å². The van der Waals surface area contributed by atoms with E-state index in [1.54, 1.807) is 0 Å². The van der Waals surface area contributed by atoms with Crippen LogP contribution in [-0.4, -0.2) is 46.0 Å². The van der Waals surface area contributed by atoms with Crippen LogP contribution in [0, 0.1) is 29.9 Å². The van der Waals surface area contributed by atoms with Gasteiger partial charge in [-0.25, -0.2) is 5.43 Å². The summed E-state index contributed by atoms with van der Waals surface area (Å²) in [5.74, 6) is 2.55. The SMILES string of the molecule is Cc1cccc(Nc2nc(NN=Cc3cc4c(cc3[N+](=O)[O-])OCO4)nc(N3CCC(C)CC3)n2)c1C. The number of piperidine rings is 1. The molecule has 0 radical (unpaired) electrons. The van der Waals surface area contributed by atoms with E-state index in [0.717, 1.165) is 42.7 Å². The number of benzene rings is 2. The van der Waals surface area contributed by atoms with Crippen LogP contribution in [-0.2, 0) is 0 Å². The number of hydrogen-bond donors (Lipinski definition) is 2. The van der Waals surface area contributed by atoms with Gasteiger partial charge in [-0.15, -0.1) is 0 Å². The van der Waals surface area contributed by atoms with E-state index in [2.05, 4.69) is 42.6 Å². The van der Waals surface area contributed by atoms with Crippen LogP contribution in [0.15, 0.2) is 35.4 Å². The molecule has 0 saturated carbocycles. The van der Waals surface area contributed by atoms with Crippen LogP contribution >= 0.6 is 0 Å². The molecule has 3 aromatic rings. The predicted molar refractivity (Wildman–Crippen MR) is 140 cm³/mol. The van der Waals surface area contributed by atoms with Gasteiger partial charge in [-0.1, -0.05) is 19.1 Å². The van der Waals surface area contributed by atoms with E-state index in [9.17, 15) is 10.1 Å². The Morgan fingerprint density at radius 1 is 1.11 bits per heavy atom. The van der Waals surface area contributed by atoms with Gasteiger partial charge < -0.3 is 19.7 Å². The minimum absolute atomic E-state index is 0.0183. The van der Waals surface area contributed by atoms with Gasteiger partial charge in [0.15, 0.2) is 11.5 Å². The van der Waals surface area contributed by atoms with Gasteiger partial charge in [0, 0.05) is 18.8 Å². The maximum Gasteiger partial charge on any atom is 0.282 e. The summed E-state index contributed by atoms with van der Waals surface area (Å²) < 4.78 is 10.6. The number of anilines is 4. The van der Waals surface area contributed by atoms with E-state index in [1.807, 2.05) is 32.0 Å². The third-order valence-corrected chi connectivity index (χ3v) is 6.63. The Morgan fingerprint density at radius 2 is 1.84 bits per heavy atom. The molecule has 0 spiro atoms. The van der Waals surface area contributed by atoms with Crippen LogP contribution < -0.4 is 25.1 Å². The van der Waals surface area contributed by atoms with Gasteiger partial charge in [0.05, 0.1) is 22.8 Å². The summed E-state index contributed by atoms with van der Waals surface area (Å²) in [6.45, 7) is 8.04. The summed E-state index contributed by atoms with van der Waals surface area (Å²) >= 11 is 0. The van der Waals surface area contributed by atoms with Crippen molar-refractivity contribution in [2.24, 2.45) is 11.0 Å². The number of nitrogens with zero attached hydrogens (tertiary/aromatic N) is 6. The van der Waals surface area contributed by atoms with Gasteiger partial charge in [0.1, 0.15) is 0 Å². The largest absolute Gasteiger partial charge is 0.454 e. The second kappa shape index (κ2) is 10.2. The summed E-state index contributed by atoms with van der Waals surface area (Å²) in [4.78, 5) is 26.9. The number of ether oxygens (including phenoxy) is 2. The quantitative estimate of drug-likeness (QED) is 0.267. The van der Waals surface area contributed by atoms with Gasteiger partial charge in [0.25, 0.3) is 5.69 Å². The molecule has 37 heavy (non-hydrogen) atoms. The van der Waals surface area contributed by atoms with Crippen molar-refractivity contribution in [2.75, 3.05) is 35.5 Å². The van der Waals surface area contributed by atoms with Crippen molar-refractivity contribution in [2.45, 2.75) is 33.6 Å². The van der Waals surface area contributed by atoms with Crippen LogP contribution in [0.5, 0.6) is 11.5 Å². The van der Waals surface area contributed by atoms with Crippen molar-refractivity contribution in [1.29, 1.82) is 0 Å². The number of nitro groups is 1. The summed E-state index contributed by atoms with van der Waals surface area (Å²) in [5, 5.41) is 19.0. The fraction of sp³-hybridized carbons (Fsp3) is 0.360. The first kappa shape index (κ1) is 24.2. The monoisotopic (exact) mass is 504 g/mol. The van der Waals surface area contributed by atoms with Crippen LogP contribution in [0.3, 0.4) is 0 Å². The van der Waals surface area contributed by atoms with Crippen LogP contribution in [0.25, 0.3) is 0 Å². The lowest BCUT2D eigenvalue weighted by Crippen LogP contribution is -2.34. The number of aromatic nitrogens is 3. The molecule has 3 heterocycles. The maximum atomic E-state index is 11.5. The van der Waals surface area contributed by atoms with E-state index in [1.165, 1.54) is 18.3 Å². The number of aryl methyl sites for hydroxylation is 1. The molecule has 0 bridgehead atoms. The third-order valence-electron chi connectivity index (χ3n) is 6.63. The first-order valence-electron chi connectivity index (χ1n) is 12.1. The fourth-order valence-electron chi connectivity index (χ4n) is 4.20. The van der Waals surface area contributed by atoms with E-state index >= 15 is 0 Å². The lowest BCUT2D eigenvalue weighted by molar-refractivity contribution is -0.385. The number of fused-ring (bicyclic) bond motifs is 1. The van der Waals surface area contributed by atoms with Gasteiger partial charge in [0.2, 0.25) is 24.6 Å². The second-order valence-corrected chi connectivity index (χ2v) is 9.22. The Morgan fingerprint density at radius 3 is 2.59 bits per heavy atom. The number of hydrogen-bond acceptors (Lipinski definition) is 11. The molecule has 0 atom stereocenters. The molecule has 192 valence electrons. The molecule has 0 aliphatic carbocycles. The zero-order chi connectivity index (χ0) is 25.9. The van der Waals surface area contributed by atoms with Crippen molar-refractivity contribution >= 4 is 35.4 Å². The molecule has 0 amide bonds. The minimum atomic E-state index is -0.492. The van der Waals surface area contributed by atoms with Gasteiger partial charge in [-0.05, 0) is 55.9 Å². The second-order valence-electron chi connectivity index (χ2n) is 9.22. The fourth-order valence-corrected chi connectivity index (χ4v) is 4.20. The average molecular weight is 505 g/mol. The molecule has 0 unspecified atom stereocenters. The first-order valence-corrected chi connectivity index (χ1v) is 12.1. The Balaban J connectivity index is 1.43. The molecular weight excluding hydrogens is 476 g/mol. The highest BCUT2D eigenvalue weighted by molar-refractivity contribution is 5.87. The molecule has 1 fully saturated rings. The summed E-state index contributed by atoms with van der Waals surface area (Å²) in [6, 6.07) is 8.84. The summed E-state index contributed by atoms with van der Waals surface area (Å²) in [6.07, 6.45) is 3.45. The highest BCUT2D eigenvalue weighted by atomic mass is 16.7. The number of nitro benzene ring substituents is 1. The molecule has 5 rings (SSSR count). The lowest BCUT2D eigenvalue weighted by atomic mass is 10.00. The smallest absolute Gasteiger partial charge is 0.282 e. The Hall–Kier alpha value is -4.48. The van der Waals surface area contributed by atoms with Gasteiger partial charge >= 0.3 is 0 Å². The normalized spacial score (nSPS) is 15.3. The van der Waals surface area contributed by atoms with Gasteiger partial charge in [-0.3, -0.25) is 10.1 Å². The Kier molecular flexibility index (Phi) is 6.71. The Bertz CT molecular complexity index is 1350. The van der Waals surface area contributed by atoms with Crippen LogP contribution in [0.4, 0.5) is 29.2 Å².